The fourth-order valence-corrected chi connectivity index (χ4v) is 2.67. The third-order valence-corrected chi connectivity index (χ3v) is 4.20. The van der Waals surface area contributed by atoms with Crippen molar-refractivity contribution in [1.82, 2.24) is 0 Å². The van der Waals surface area contributed by atoms with E-state index < -0.39 is 0 Å². The normalized spacial score (nSPS) is 10.3. The van der Waals surface area contributed by atoms with Gasteiger partial charge in [-0.25, -0.2) is 0 Å². The molecule has 0 aliphatic heterocycles. The number of rotatable bonds is 9. The molecule has 0 unspecified atom stereocenters. The Kier molecular flexibility index (Phi) is 7.11. The number of hydrogen-bond donors (Lipinski definition) is 1. The molecule has 3 aromatic rings. The van der Waals surface area contributed by atoms with E-state index in [1.54, 1.807) is 12.1 Å². The average molecular weight is 391 g/mol. The number of amides is 1. The standard InChI is InChI=1S/C24H25NO4/c1-18-8-9-19(2)23(16-18)29-17-24(26)25-20-10-12-22(13-11-20)28-15-14-27-21-6-4-3-5-7-21/h3-13,16H,14-15,17H2,1-2H3,(H,25,26). The molecule has 0 aromatic heterocycles. The number of nitrogens with one attached hydrogen (secondary N) is 1. The molecule has 3 rings (SSSR count). The van der Waals surface area contributed by atoms with Crippen molar-refractivity contribution >= 4 is 11.6 Å². The second kappa shape index (κ2) is 10.2. The van der Waals surface area contributed by atoms with Gasteiger partial charge >= 0.3 is 0 Å². The lowest BCUT2D eigenvalue weighted by molar-refractivity contribution is -0.118. The van der Waals surface area contributed by atoms with Crippen molar-refractivity contribution in [1.29, 1.82) is 0 Å². The minimum Gasteiger partial charge on any atom is -0.490 e. The maximum absolute atomic E-state index is 12.1. The van der Waals surface area contributed by atoms with Gasteiger partial charge in [0.05, 0.1) is 0 Å². The Morgan fingerprint density at radius 2 is 1.45 bits per heavy atom. The number of carbonyl (C=O) groups excluding carboxylic acids is 1. The van der Waals surface area contributed by atoms with E-state index in [2.05, 4.69) is 5.32 Å². The Hall–Kier alpha value is -3.47. The van der Waals surface area contributed by atoms with Crippen LogP contribution in [0, 0.1) is 13.8 Å². The van der Waals surface area contributed by atoms with Gasteiger partial charge in [-0.2, -0.15) is 0 Å². The summed E-state index contributed by atoms with van der Waals surface area (Å²) in [7, 11) is 0. The molecule has 0 atom stereocenters. The van der Waals surface area contributed by atoms with Gasteiger partial charge < -0.3 is 19.5 Å². The lowest BCUT2D eigenvalue weighted by atomic mass is 10.1. The van der Waals surface area contributed by atoms with Crippen molar-refractivity contribution in [2.45, 2.75) is 13.8 Å². The molecule has 0 fully saturated rings. The average Bonchev–Trinajstić information content (AvgIpc) is 2.74. The monoisotopic (exact) mass is 391 g/mol. The molecule has 3 aromatic carbocycles. The van der Waals surface area contributed by atoms with Crippen LogP contribution in [0.4, 0.5) is 5.69 Å². The van der Waals surface area contributed by atoms with E-state index >= 15 is 0 Å². The summed E-state index contributed by atoms with van der Waals surface area (Å²) in [6.45, 7) is 4.79. The minimum atomic E-state index is -0.212. The highest BCUT2D eigenvalue weighted by atomic mass is 16.5. The lowest BCUT2D eigenvalue weighted by Crippen LogP contribution is -2.20. The van der Waals surface area contributed by atoms with Crippen molar-refractivity contribution < 1.29 is 19.0 Å². The van der Waals surface area contributed by atoms with Crippen LogP contribution >= 0.6 is 0 Å². The van der Waals surface area contributed by atoms with Gasteiger partial charge in [0.15, 0.2) is 6.61 Å². The number of aryl methyl sites for hydroxylation is 2. The van der Waals surface area contributed by atoms with E-state index in [0.717, 1.165) is 22.6 Å². The third kappa shape index (κ3) is 6.57. The summed E-state index contributed by atoms with van der Waals surface area (Å²) in [6.07, 6.45) is 0. The van der Waals surface area contributed by atoms with Crippen molar-refractivity contribution in [2.75, 3.05) is 25.1 Å². The second-order valence-electron chi connectivity index (χ2n) is 6.64. The van der Waals surface area contributed by atoms with Crippen LogP contribution in [0.1, 0.15) is 11.1 Å². The number of carbonyl (C=O) groups is 1. The molecule has 0 spiro atoms. The van der Waals surface area contributed by atoms with Crippen molar-refractivity contribution in [2.24, 2.45) is 0 Å². The quantitative estimate of drug-likeness (QED) is 0.534. The van der Waals surface area contributed by atoms with Crippen molar-refractivity contribution in [3.8, 4) is 17.2 Å². The van der Waals surface area contributed by atoms with E-state index in [1.807, 2.05) is 74.5 Å². The molecule has 29 heavy (non-hydrogen) atoms. The Morgan fingerprint density at radius 1 is 0.793 bits per heavy atom. The molecule has 1 amide bonds. The van der Waals surface area contributed by atoms with Crippen LogP contribution < -0.4 is 19.5 Å². The molecule has 0 saturated heterocycles. The predicted molar refractivity (Wildman–Crippen MR) is 114 cm³/mol. The van der Waals surface area contributed by atoms with E-state index in [9.17, 15) is 4.79 Å². The van der Waals surface area contributed by atoms with Crippen LogP contribution in [0.5, 0.6) is 17.2 Å². The van der Waals surface area contributed by atoms with Gasteiger partial charge in [0.25, 0.3) is 5.91 Å². The van der Waals surface area contributed by atoms with Crippen LogP contribution in [-0.2, 0) is 4.79 Å². The maximum atomic E-state index is 12.1. The summed E-state index contributed by atoms with van der Waals surface area (Å²) in [4.78, 5) is 12.1. The fraction of sp³-hybridized carbons (Fsp3) is 0.208. The van der Waals surface area contributed by atoms with Gasteiger partial charge in [-0.05, 0) is 67.4 Å². The van der Waals surface area contributed by atoms with Gasteiger partial charge in [0, 0.05) is 5.69 Å². The summed E-state index contributed by atoms with van der Waals surface area (Å²) in [6, 6.07) is 22.7. The van der Waals surface area contributed by atoms with Gasteiger partial charge in [-0.3, -0.25) is 4.79 Å². The summed E-state index contributed by atoms with van der Waals surface area (Å²) in [5.41, 5.74) is 2.78. The molecule has 0 aliphatic carbocycles. The van der Waals surface area contributed by atoms with Crippen LogP contribution in [0.15, 0.2) is 72.8 Å². The zero-order valence-corrected chi connectivity index (χ0v) is 16.7. The molecule has 0 radical (unpaired) electrons. The zero-order chi connectivity index (χ0) is 20.5. The highest BCUT2D eigenvalue weighted by Gasteiger charge is 2.06. The van der Waals surface area contributed by atoms with Crippen LogP contribution in [-0.4, -0.2) is 25.7 Å². The number of para-hydroxylation sites is 1. The molecular formula is C24H25NO4. The Morgan fingerprint density at radius 3 is 2.14 bits per heavy atom. The summed E-state index contributed by atoms with van der Waals surface area (Å²) in [5, 5.41) is 2.82. The van der Waals surface area contributed by atoms with Crippen molar-refractivity contribution in [3.05, 3.63) is 83.9 Å². The topological polar surface area (TPSA) is 56.8 Å². The van der Waals surface area contributed by atoms with Crippen LogP contribution in [0.3, 0.4) is 0 Å². The van der Waals surface area contributed by atoms with E-state index in [0.29, 0.717) is 24.7 Å². The van der Waals surface area contributed by atoms with Gasteiger partial charge in [0.2, 0.25) is 0 Å². The SMILES string of the molecule is Cc1ccc(C)c(OCC(=O)Nc2ccc(OCCOc3ccccc3)cc2)c1. The predicted octanol–water partition coefficient (Wildman–Crippen LogP) is 4.78. The van der Waals surface area contributed by atoms with E-state index in [4.69, 9.17) is 14.2 Å². The summed E-state index contributed by atoms with van der Waals surface area (Å²) >= 11 is 0. The third-order valence-electron chi connectivity index (χ3n) is 4.20. The molecule has 0 aliphatic rings. The molecule has 0 heterocycles. The maximum Gasteiger partial charge on any atom is 0.262 e. The van der Waals surface area contributed by atoms with Crippen LogP contribution in [0.2, 0.25) is 0 Å². The van der Waals surface area contributed by atoms with Crippen molar-refractivity contribution in [3.63, 3.8) is 0 Å². The second-order valence-corrected chi connectivity index (χ2v) is 6.64. The molecular weight excluding hydrogens is 366 g/mol. The molecule has 0 saturated carbocycles. The first-order chi connectivity index (χ1) is 14.1. The first-order valence-corrected chi connectivity index (χ1v) is 9.51. The minimum absolute atomic E-state index is 0.0423. The van der Waals surface area contributed by atoms with E-state index in [1.165, 1.54) is 0 Å². The number of benzene rings is 3. The first kappa shape index (κ1) is 20.3. The molecule has 0 bridgehead atoms. The van der Waals surface area contributed by atoms with Gasteiger partial charge in [0.1, 0.15) is 30.5 Å². The Bertz CT molecular complexity index is 923. The number of anilines is 1. The molecule has 150 valence electrons. The largest absolute Gasteiger partial charge is 0.490 e. The molecule has 1 N–H and O–H groups in total. The summed E-state index contributed by atoms with van der Waals surface area (Å²) in [5.74, 6) is 2.04. The molecule has 5 heteroatoms. The highest BCUT2D eigenvalue weighted by molar-refractivity contribution is 5.91. The van der Waals surface area contributed by atoms with Gasteiger partial charge in [-0.1, -0.05) is 30.3 Å². The first-order valence-electron chi connectivity index (χ1n) is 9.51. The molecule has 5 nitrogen and oxygen atoms in total. The van der Waals surface area contributed by atoms with Gasteiger partial charge in [-0.15, -0.1) is 0 Å². The highest BCUT2D eigenvalue weighted by Crippen LogP contribution is 2.19. The Labute approximate surface area is 171 Å². The Balaban J connectivity index is 1.40. The smallest absolute Gasteiger partial charge is 0.262 e. The van der Waals surface area contributed by atoms with Crippen LogP contribution in [0.25, 0.3) is 0 Å². The zero-order valence-electron chi connectivity index (χ0n) is 16.7. The summed E-state index contributed by atoms with van der Waals surface area (Å²) < 4.78 is 16.9. The van der Waals surface area contributed by atoms with E-state index in [-0.39, 0.29) is 12.5 Å². The lowest BCUT2D eigenvalue weighted by Gasteiger charge is -2.11. The number of hydrogen-bond acceptors (Lipinski definition) is 4. The fourth-order valence-electron chi connectivity index (χ4n) is 2.67. The number of ether oxygens (including phenoxy) is 3.